The van der Waals surface area contributed by atoms with E-state index in [-0.39, 0.29) is 5.95 Å². The molecule has 26 heavy (non-hydrogen) atoms. The summed E-state index contributed by atoms with van der Waals surface area (Å²) in [6.45, 7) is 0. The van der Waals surface area contributed by atoms with Gasteiger partial charge in [0.2, 0.25) is 11.9 Å². The highest BCUT2D eigenvalue weighted by atomic mass is 35.5. The third-order valence-corrected chi connectivity index (χ3v) is 4.68. The van der Waals surface area contributed by atoms with Crippen LogP contribution in [0, 0.1) is 0 Å². The van der Waals surface area contributed by atoms with Crippen molar-refractivity contribution in [3.05, 3.63) is 64.9 Å². The van der Waals surface area contributed by atoms with Crippen LogP contribution in [0.4, 0.5) is 17.6 Å². The first kappa shape index (κ1) is 18.3. The Kier molecular flexibility index (Phi) is 6.14. The third kappa shape index (κ3) is 5.00. The summed E-state index contributed by atoms with van der Waals surface area (Å²) >= 11 is 7.69. The average molecular weight is 388 g/mol. The maximum absolute atomic E-state index is 6.01. The van der Waals surface area contributed by atoms with Gasteiger partial charge in [-0.3, -0.25) is 0 Å². The first-order valence-corrected chi connectivity index (χ1v) is 9.40. The molecule has 6 nitrogen and oxygen atoms in total. The Morgan fingerprint density at radius 3 is 2.73 bits per heavy atom. The summed E-state index contributed by atoms with van der Waals surface area (Å²) in [5.41, 5.74) is 7.74. The molecule has 0 saturated carbocycles. The van der Waals surface area contributed by atoms with Gasteiger partial charge < -0.3 is 15.8 Å². The lowest BCUT2D eigenvalue weighted by Crippen LogP contribution is -2.07. The van der Waals surface area contributed by atoms with E-state index in [4.69, 9.17) is 22.1 Å². The van der Waals surface area contributed by atoms with Crippen LogP contribution in [-0.2, 0) is 11.5 Å². The summed E-state index contributed by atoms with van der Waals surface area (Å²) in [6.07, 6.45) is 0. The molecule has 0 aliphatic carbocycles. The van der Waals surface area contributed by atoms with E-state index in [0.29, 0.717) is 23.3 Å². The minimum atomic E-state index is 0.177. The Morgan fingerprint density at radius 2 is 1.92 bits per heavy atom. The molecule has 8 heteroatoms. The number of hydrogen-bond acceptors (Lipinski definition) is 7. The second kappa shape index (κ2) is 8.73. The number of thioether (sulfide) groups is 1. The van der Waals surface area contributed by atoms with Crippen molar-refractivity contribution in [1.82, 2.24) is 15.0 Å². The van der Waals surface area contributed by atoms with Crippen LogP contribution < -0.4 is 15.8 Å². The first-order chi connectivity index (χ1) is 12.6. The highest BCUT2D eigenvalue weighted by Gasteiger charge is 2.08. The van der Waals surface area contributed by atoms with Crippen molar-refractivity contribution in [2.24, 2.45) is 0 Å². The lowest BCUT2D eigenvalue weighted by Gasteiger charge is -2.10. The number of nitrogens with one attached hydrogen (secondary N) is 1. The molecule has 0 amide bonds. The fourth-order valence-corrected chi connectivity index (χ4v) is 3.36. The number of ether oxygens (including phenoxy) is 1. The second-order valence-corrected chi connectivity index (χ2v) is 6.80. The van der Waals surface area contributed by atoms with Crippen molar-refractivity contribution in [3.8, 4) is 5.75 Å². The summed E-state index contributed by atoms with van der Waals surface area (Å²) in [5, 5.41) is 3.86. The van der Waals surface area contributed by atoms with E-state index in [2.05, 4.69) is 20.3 Å². The smallest absolute Gasteiger partial charge is 0.232 e. The van der Waals surface area contributed by atoms with Gasteiger partial charge in [0.25, 0.3) is 0 Å². The van der Waals surface area contributed by atoms with Gasteiger partial charge in [-0.05, 0) is 29.8 Å². The van der Waals surface area contributed by atoms with Crippen molar-refractivity contribution in [1.29, 1.82) is 0 Å². The molecular formula is C18H18ClN5OS. The quantitative estimate of drug-likeness (QED) is 0.625. The Morgan fingerprint density at radius 1 is 1.08 bits per heavy atom. The van der Waals surface area contributed by atoms with Gasteiger partial charge >= 0.3 is 0 Å². The van der Waals surface area contributed by atoms with Gasteiger partial charge in [0.05, 0.1) is 18.6 Å². The molecule has 0 aliphatic heterocycles. The van der Waals surface area contributed by atoms with Gasteiger partial charge in [-0.1, -0.05) is 35.9 Å². The second-order valence-electron chi connectivity index (χ2n) is 5.38. The number of nitrogens with two attached hydrogens (primary N) is 1. The largest absolute Gasteiger partial charge is 0.495 e. The molecule has 0 aliphatic rings. The van der Waals surface area contributed by atoms with Gasteiger partial charge in [0, 0.05) is 10.8 Å². The fourth-order valence-electron chi connectivity index (χ4n) is 2.31. The minimum absolute atomic E-state index is 0.177. The van der Waals surface area contributed by atoms with Gasteiger partial charge in [0.15, 0.2) is 0 Å². The van der Waals surface area contributed by atoms with Crippen molar-refractivity contribution in [2.45, 2.75) is 11.5 Å². The van der Waals surface area contributed by atoms with Crippen molar-refractivity contribution in [2.75, 3.05) is 18.2 Å². The SMILES string of the molecule is COc1ccccc1Nc1nc(N)nc(CSCc2cccc(Cl)c2)n1. The molecule has 1 aromatic heterocycles. The summed E-state index contributed by atoms with van der Waals surface area (Å²) in [5.74, 6) is 3.29. The lowest BCUT2D eigenvalue weighted by molar-refractivity contribution is 0.417. The van der Waals surface area contributed by atoms with Crippen LogP contribution in [-0.4, -0.2) is 22.1 Å². The zero-order valence-electron chi connectivity index (χ0n) is 14.1. The minimum Gasteiger partial charge on any atom is -0.495 e. The number of benzene rings is 2. The molecule has 0 spiro atoms. The number of nitrogen functional groups attached to an aromatic ring is 1. The van der Waals surface area contributed by atoms with E-state index < -0.39 is 0 Å². The Labute approximate surface area is 161 Å². The standard InChI is InChI=1S/C18H18ClN5OS/c1-25-15-8-3-2-7-14(15)21-18-23-16(22-17(20)24-18)11-26-10-12-5-4-6-13(19)9-12/h2-9H,10-11H2,1H3,(H3,20,21,22,23,24). The maximum Gasteiger partial charge on any atom is 0.232 e. The van der Waals surface area contributed by atoms with E-state index >= 15 is 0 Å². The summed E-state index contributed by atoms with van der Waals surface area (Å²) in [6, 6.07) is 15.3. The fraction of sp³-hybridized carbons (Fsp3) is 0.167. The number of nitrogens with zero attached hydrogens (tertiary/aromatic N) is 3. The van der Waals surface area contributed by atoms with E-state index in [0.717, 1.165) is 22.0 Å². The number of halogens is 1. The van der Waals surface area contributed by atoms with E-state index in [1.807, 2.05) is 48.5 Å². The molecular weight excluding hydrogens is 370 g/mol. The molecule has 0 fully saturated rings. The zero-order valence-corrected chi connectivity index (χ0v) is 15.7. The van der Waals surface area contributed by atoms with E-state index in [9.17, 15) is 0 Å². The molecule has 3 aromatic rings. The number of rotatable bonds is 7. The predicted molar refractivity (Wildman–Crippen MR) is 107 cm³/mol. The molecule has 2 aromatic carbocycles. The Balaban J connectivity index is 1.67. The average Bonchev–Trinajstić information content (AvgIpc) is 2.62. The highest BCUT2D eigenvalue weighted by molar-refractivity contribution is 7.97. The van der Waals surface area contributed by atoms with E-state index in [1.165, 1.54) is 0 Å². The number of aromatic nitrogens is 3. The monoisotopic (exact) mass is 387 g/mol. The molecule has 0 unspecified atom stereocenters. The number of hydrogen-bond donors (Lipinski definition) is 2. The predicted octanol–water partition coefficient (Wildman–Crippen LogP) is 4.29. The van der Waals surface area contributed by atoms with E-state index in [1.54, 1.807) is 18.9 Å². The number of anilines is 3. The Hall–Kier alpha value is -2.51. The molecule has 0 radical (unpaired) electrons. The molecule has 134 valence electrons. The summed E-state index contributed by atoms with van der Waals surface area (Å²) in [4.78, 5) is 12.8. The molecule has 3 N–H and O–H groups in total. The molecule has 3 rings (SSSR count). The third-order valence-electron chi connectivity index (χ3n) is 3.44. The molecule has 0 bridgehead atoms. The highest BCUT2D eigenvalue weighted by Crippen LogP contribution is 2.26. The number of para-hydroxylation sites is 2. The van der Waals surface area contributed by atoms with Gasteiger partial charge in [-0.15, -0.1) is 11.8 Å². The van der Waals surface area contributed by atoms with Crippen LogP contribution in [0.2, 0.25) is 5.02 Å². The van der Waals surface area contributed by atoms with Crippen LogP contribution in [0.5, 0.6) is 5.75 Å². The lowest BCUT2D eigenvalue weighted by atomic mass is 10.2. The van der Waals surface area contributed by atoms with Crippen LogP contribution in [0.25, 0.3) is 0 Å². The van der Waals surface area contributed by atoms with Crippen LogP contribution in [0.15, 0.2) is 48.5 Å². The Bertz CT molecular complexity index is 893. The van der Waals surface area contributed by atoms with Crippen molar-refractivity contribution < 1.29 is 4.74 Å². The first-order valence-electron chi connectivity index (χ1n) is 7.86. The molecule has 0 saturated heterocycles. The summed E-state index contributed by atoms with van der Waals surface area (Å²) in [7, 11) is 1.61. The normalized spacial score (nSPS) is 10.5. The maximum atomic E-state index is 6.01. The van der Waals surface area contributed by atoms with Gasteiger partial charge in [-0.2, -0.15) is 15.0 Å². The van der Waals surface area contributed by atoms with Crippen molar-refractivity contribution in [3.63, 3.8) is 0 Å². The van der Waals surface area contributed by atoms with Crippen LogP contribution in [0.1, 0.15) is 11.4 Å². The van der Waals surface area contributed by atoms with Gasteiger partial charge in [-0.25, -0.2) is 0 Å². The topological polar surface area (TPSA) is 86.0 Å². The van der Waals surface area contributed by atoms with Crippen LogP contribution in [0.3, 0.4) is 0 Å². The van der Waals surface area contributed by atoms with Gasteiger partial charge in [0.1, 0.15) is 11.6 Å². The summed E-state index contributed by atoms with van der Waals surface area (Å²) < 4.78 is 5.32. The van der Waals surface area contributed by atoms with Crippen molar-refractivity contribution >= 4 is 40.9 Å². The molecule has 0 atom stereocenters. The zero-order chi connectivity index (χ0) is 18.4. The van der Waals surface area contributed by atoms with Crippen LogP contribution >= 0.6 is 23.4 Å². The number of methoxy groups -OCH3 is 1. The molecule has 1 heterocycles.